The number of carbonyl (C=O) groups excluding carboxylic acids is 1. The highest BCUT2D eigenvalue weighted by Crippen LogP contribution is 2.43. The fourth-order valence-corrected chi connectivity index (χ4v) is 6.57. The monoisotopic (exact) mass is 673 g/mol. The Morgan fingerprint density at radius 1 is 0.980 bits per heavy atom. The molecule has 1 unspecified atom stereocenters. The van der Waals surface area contributed by atoms with E-state index in [0.29, 0.717) is 29.0 Å². The summed E-state index contributed by atoms with van der Waals surface area (Å²) in [5.74, 6) is -0.249. The van der Waals surface area contributed by atoms with Crippen molar-refractivity contribution in [2.24, 2.45) is 5.10 Å². The van der Waals surface area contributed by atoms with Gasteiger partial charge in [0.25, 0.3) is 5.91 Å². The molecule has 4 aromatic carbocycles. The number of rotatable bonds is 11. The number of fused-ring (bicyclic) bond motifs is 1. The fraction of sp³-hybridized carbons (Fsp3) is 0.342. The molecule has 0 saturated heterocycles. The van der Waals surface area contributed by atoms with Crippen molar-refractivity contribution >= 4 is 28.4 Å². The summed E-state index contributed by atoms with van der Waals surface area (Å²) in [4.78, 5) is 23.4. The molecule has 4 aromatic rings. The van der Waals surface area contributed by atoms with Gasteiger partial charge in [-0.1, -0.05) is 30.3 Å². The quantitative estimate of drug-likeness (QED) is 0.166. The molecule has 2 atom stereocenters. The maximum atomic E-state index is 14.0. The van der Waals surface area contributed by atoms with E-state index < -0.39 is 17.7 Å². The van der Waals surface area contributed by atoms with Gasteiger partial charge in [-0.15, -0.1) is 0 Å². The van der Waals surface area contributed by atoms with Gasteiger partial charge in [-0.2, -0.15) is 18.3 Å². The number of methoxy groups -OCH3 is 1. The largest absolute Gasteiger partial charge is 0.497 e. The van der Waals surface area contributed by atoms with Gasteiger partial charge in [0.15, 0.2) is 0 Å². The Hall–Kier alpha value is -5.06. The van der Waals surface area contributed by atoms with E-state index in [-0.39, 0.29) is 37.1 Å². The maximum Gasteiger partial charge on any atom is 0.416 e. The van der Waals surface area contributed by atoms with Crippen molar-refractivity contribution in [2.45, 2.75) is 69.8 Å². The number of nitrogens with one attached hydrogen (secondary N) is 1. The molecule has 1 aliphatic carbocycles. The number of amides is 1. The van der Waals surface area contributed by atoms with Gasteiger partial charge < -0.3 is 19.9 Å². The van der Waals surface area contributed by atoms with Crippen molar-refractivity contribution in [3.8, 4) is 11.5 Å². The van der Waals surface area contributed by atoms with Gasteiger partial charge in [-0.05, 0) is 103 Å². The molecule has 1 heterocycles. The van der Waals surface area contributed by atoms with Crippen LogP contribution in [0.3, 0.4) is 0 Å². The van der Waals surface area contributed by atoms with Crippen molar-refractivity contribution < 1.29 is 37.3 Å². The minimum absolute atomic E-state index is 0.0137. The molecule has 1 fully saturated rings. The smallest absolute Gasteiger partial charge is 0.416 e. The van der Waals surface area contributed by atoms with Crippen LogP contribution < -0.4 is 14.8 Å². The second-order valence-corrected chi connectivity index (χ2v) is 12.5. The second kappa shape index (κ2) is 14.2. The average molecular weight is 674 g/mol. The SMILES string of the molecule is COc1ccc2cc(C3CC(c4cc(C(F)(F)F)ccc4OC4CCCC4)=NN3[C@@H](C)c3ccc(C(=O)NCCC(=O)O)cc3)ccc2c1. The lowest BCUT2D eigenvalue weighted by atomic mass is 9.94. The molecule has 6 rings (SSSR count). The lowest BCUT2D eigenvalue weighted by molar-refractivity contribution is -0.138. The molecule has 1 aliphatic heterocycles. The van der Waals surface area contributed by atoms with Crippen molar-refractivity contribution in [3.63, 3.8) is 0 Å². The topological polar surface area (TPSA) is 100 Å². The van der Waals surface area contributed by atoms with E-state index in [1.54, 1.807) is 19.2 Å². The number of carbonyl (C=O) groups is 2. The van der Waals surface area contributed by atoms with E-state index in [1.165, 1.54) is 6.07 Å². The van der Waals surface area contributed by atoms with Crippen LogP contribution in [0.15, 0.2) is 84.0 Å². The van der Waals surface area contributed by atoms with Crippen LogP contribution >= 0.6 is 0 Å². The van der Waals surface area contributed by atoms with Gasteiger partial charge in [0, 0.05) is 24.1 Å². The zero-order valence-corrected chi connectivity index (χ0v) is 27.3. The number of alkyl halides is 3. The molecule has 1 amide bonds. The third-order valence-corrected chi connectivity index (χ3v) is 9.29. The summed E-state index contributed by atoms with van der Waals surface area (Å²) in [6.07, 6.45) is -0.676. The van der Waals surface area contributed by atoms with E-state index in [9.17, 15) is 22.8 Å². The molecule has 0 radical (unpaired) electrons. The molecule has 256 valence electrons. The Balaban J connectivity index is 1.37. The first kappa shape index (κ1) is 33.8. The minimum Gasteiger partial charge on any atom is -0.497 e. The summed E-state index contributed by atoms with van der Waals surface area (Å²) in [7, 11) is 1.61. The number of nitrogens with zero attached hydrogens (tertiary/aromatic N) is 2. The number of hydrogen-bond acceptors (Lipinski definition) is 6. The number of aliphatic carboxylic acids is 1. The molecule has 2 N–H and O–H groups in total. The number of benzene rings is 4. The predicted molar refractivity (Wildman–Crippen MR) is 180 cm³/mol. The lowest BCUT2D eigenvalue weighted by Gasteiger charge is -2.30. The molecule has 49 heavy (non-hydrogen) atoms. The maximum absolute atomic E-state index is 14.0. The molecule has 8 nitrogen and oxygen atoms in total. The summed E-state index contributed by atoms with van der Waals surface area (Å²) in [6, 6.07) is 21.9. The zero-order chi connectivity index (χ0) is 34.7. The molecule has 2 aliphatic rings. The third-order valence-electron chi connectivity index (χ3n) is 9.29. The van der Waals surface area contributed by atoms with Crippen molar-refractivity contribution in [1.82, 2.24) is 10.3 Å². The average Bonchev–Trinajstić information content (AvgIpc) is 3.78. The Morgan fingerprint density at radius 2 is 1.69 bits per heavy atom. The first-order valence-electron chi connectivity index (χ1n) is 16.4. The van der Waals surface area contributed by atoms with Crippen molar-refractivity contribution in [3.05, 3.63) is 107 Å². The number of carboxylic acids is 1. The van der Waals surface area contributed by atoms with Gasteiger partial charge in [-0.3, -0.25) is 14.6 Å². The zero-order valence-electron chi connectivity index (χ0n) is 27.3. The van der Waals surface area contributed by atoms with Gasteiger partial charge >= 0.3 is 12.1 Å². The molecule has 11 heteroatoms. The molecule has 0 spiro atoms. The summed E-state index contributed by atoms with van der Waals surface area (Å²) < 4.78 is 53.7. The summed E-state index contributed by atoms with van der Waals surface area (Å²) in [6.45, 7) is 1.98. The van der Waals surface area contributed by atoms with E-state index in [2.05, 4.69) is 11.4 Å². The molecule has 0 aromatic heterocycles. The van der Waals surface area contributed by atoms with Gasteiger partial charge in [0.05, 0.1) is 43.0 Å². The van der Waals surface area contributed by atoms with Crippen LogP contribution in [-0.4, -0.2) is 47.5 Å². The van der Waals surface area contributed by atoms with E-state index >= 15 is 0 Å². The first-order chi connectivity index (χ1) is 23.5. The van der Waals surface area contributed by atoms with Crippen LogP contribution in [0, 0.1) is 0 Å². The standard InChI is InChI=1S/C38H38F3N3O5/c1-23(24-7-9-25(10-8-24)37(47)42-18-17-36(45)46)44-34(28-12-11-27-20-31(48-2)15-13-26(27)19-28)22-33(43-44)32-21-29(38(39,40)41)14-16-35(32)49-30-5-3-4-6-30/h7-16,19-21,23,30,34H,3-6,17-18,22H2,1-2H3,(H,42,47)(H,45,46)/t23-,34?/m0/s1. The summed E-state index contributed by atoms with van der Waals surface area (Å²) in [5.41, 5.74) is 2.24. The summed E-state index contributed by atoms with van der Waals surface area (Å²) >= 11 is 0. The number of hydrazone groups is 1. The Bertz CT molecular complexity index is 1870. The highest BCUT2D eigenvalue weighted by atomic mass is 19.4. The molecule has 0 bridgehead atoms. The predicted octanol–water partition coefficient (Wildman–Crippen LogP) is 8.31. The minimum atomic E-state index is -4.53. The van der Waals surface area contributed by atoms with Crippen LogP contribution in [0.4, 0.5) is 13.2 Å². The van der Waals surface area contributed by atoms with Crippen LogP contribution in [0.5, 0.6) is 11.5 Å². The Kier molecular flexibility index (Phi) is 9.80. The molecule has 1 saturated carbocycles. The number of carboxylic acid groups (broad SMARTS) is 1. The normalized spacial score (nSPS) is 17.2. The molecular formula is C38H38F3N3O5. The lowest BCUT2D eigenvalue weighted by Crippen LogP contribution is -2.26. The van der Waals surface area contributed by atoms with Gasteiger partial charge in [-0.25, -0.2) is 0 Å². The Labute approximate surface area is 282 Å². The number of hydrogen-bond donors (Lipinski definition) is 2. The number of halogens is 3. The van der Waals surface area contributed by atoms with Crippen molar-refractivity contribution in [1.29, 1.82) is 0 Å². The van der Waals surface area contributed by atoms with E-state index in [0.717, 1.165) is 65.5 Å². The van der Waals surface area contributed by atoms with E-state index in [1.807, 2.05) is 54.4 Å². The van der Waals surface area contributed by atoms with Crippen LogP contribution in [0.1, 0.15) is 90.1 Å². The fourth-order valence-electron chi connectivity index (χ4n) is 6.57. The van der Waals surface area contributed by atoms with Crippen LogP contribution in [0.25, 0.3) is 10.8 Å². The highest BCUT2D eigenvalue weighted by molar-refractivity contribution is 6.04. The first-order valence-corrected chi connectivity index (χ1v) is 16.4. The van der Waals surface area contributed by atoms with Gasteiger partial charge in [0.1, 0.15) is 11.5 Å². The number of ether oxygens (including phenoxy) is 2. The second-order valence-electron chi connectivity index (χ2n) is 12.5. The highest BCUT2D eigenvalue weighted by Gasteiger charge is 2.37. The summed E-state index contributed by atoms with van der Waals surface area (Å²) in [5, 5.41) is 20.4. The van der Waals surface area contributed by atoms with Gasteiger partial charge in [0.2, 0.25) is 0 Å². The third kappa shape index (κ3) is 7.66. The van der Waals surface area contributed by atoms with E-state index in [4.69, 9.17) is 19.7 Å². The van der Waals surface area contributed by atoms with Crippen LogP contribution in [0.2, 0.25) is 0 Å². The van der Waals surface area contributed by atoms with Crippen molar-refractivity contribution in [2.75, 3.05) is 13.7 Å². The Morgan fingerprint density at radius 3 is 2.39 bits per heavy atom. The van der Waals surface area contributed by atoms with Crippen LogP contribution in [-0.2, 0) is 11.0 Å². The molecular weight excluding hydrogens is 635 g/mol.